The third kappa shape index (κ3) is 10.4. The molecule has 0 atom stereocenters. The average Bonchev–Trinajstić information content (AvgIpc) is 2.58. The van der Waals surface area contributed by atoms with Gasteiger partial charge in [-0.15, -0.1) is 30.6 Å². The van der Waals surface area contributed by atoms with Crippen molar-refractivity contribution in [1.82, 2.24) is 10.2 Å². The van der Waals surface area contributed by atoms with Crippen LogP contribution in [0.3, 0.4) is 0 Å². The Balaban J connectivity index is 0.00000625. The van der Waals surface area contributed by atoms with Crippen molar-refractivity contribution < 1.29 is 4.79 Å². The van der Waals surface area contributed by atoms with Crippen LogP contribution in [0, 0.1) is 0 Å². The lowest BCUT2D eigenvalue weighted by molar-refractivity contribution is -0.114. The van der Waals surface area contributed by atoms with Gasteiger partial charge in [0.05, 0.1) is 6.54 Å². The first-order valence-electron chi connectivity index (χ1n) is 9.03. The molecule has 0 spiro atoms. The van der Waals surface area contributed by atoms with E-state index in [1.54, 1.807) is 0 Å². The fourth-order valence-electron chi connectivity index (χ4n) is 2.51. The molecule has 0 aliphatic carbocycles. The van der Waals surface area contributed by atoms with E-state index in [1.165, 1.54) is 19.8 Å². The number of allylic oxidation sites excluding steroid dienone is 1. The molecular formula is C20H33IN4O. The molecule has 6 heteroatoms. The second-order valence-corrected chi connectivity index (χ2v) is 6.11. The van der Waals surface area contributed by atoms with Crippen LogP contribution in [0.1, 0.15) is 45.1 Å². The molecule has 1 rings (SSSR count). The summed E-state index contributed by atoms with van der Waals surface area (Å²) in [5.74, 6) is 0.848. The van der Waals surface area contributed by atoms with Crippen LogP contribution in [0.4, 0.5) is 5.69 Å². The number of carbonyl (C=O) groups is 1. The minimum Gasteiger partial charge on any atom is -0.357 e. The van der Waals surface area contributed by atoms with Crippen LogP contribution in [0.2, 0.25) is 0 Å². The third-order valence-electron chi connectivity index (χ3n) is 3.76. The van der Waals surface area contributed by atoms with E-state index >= 15 is 0 Å². The van der Waals surface area contributed by atoms with Crippen molar-refractivity contribution in [1.29, 1.82) is 0 Å². The number of amides is 1. The lowest BCUT2D eigenvalue weighted by Gasteiger charge is -2.22. The number of benzene rings is 1. The highest BCUT2D eigenvalue weighted by Gasteiger charge is 2.05. The summed E-state index contributed by atoms with van der Waals surface area (Å²) in [5.41, 5.74) is 1.88. The van der Waals surface area contributed by atoms with Crippen molar-refractivity contribution >= 4 is 41.5 Å². The van der Waals surface area contributed by atoms with Crippen molar-refractivity contribution in [3.63, 3.8) is 0 Å². The van der Waals surface area contributed by atoms with E-state index in [0.717, 1.165) is 43.1 Å². The van der Waals surface area contributed by atoms with Gasteiger partial charge in [0.15, 0.2) is 5.96 Å². The minimum atomic E-state index is -0.0647. The molecule has 0 unspecified atom stereocenters. The van der Waals surface area contributed by atoms with Gasteiger partial charge in [0, 0.05) is 32.7 Å². The van der Waals surface area contributed by atoms with Gasteiger partial charge in [-0.2, -0.15) is 0 Å². The molecule has 0 heterocycles. The number of rotatable bonds is 10. The number of unbranched alkanes of at least 4 members (excludes halogenated alkanes) is 3. The molecule has 0 radical (unpaired) electrons. The highest BCUT2D eigenvalue weighted by atomic mass is 127. The van der Waals surface area contributed by atoms with E-state index in [0.29, 0.717) is 6.54 Å². The Morgan fingerprint density at radius 3 is 2.73 bits per heavy atom. The first kappa shape index (κ1) is 24.4. The Morgan fingerprint density at radius 1 is 1.31 bits per heavy atom. The molecule has 5 nitrogen and oxygen atoms in total. The van der Waals surface area contributed by atoms with Gasteiger partial charge in [-0.25, -0.2) is 4.99 Å². The SMILES string of the molecule is C=CCCCCCN(C)C(=NCc1cccc(NC(C)=O)c1)NCC.I. The molecule has 0 saturated carbocycles. The smallest absolute Gasteiger partial charge is 0.221 e. The third-order valence-corrected chi connectivity index (χ3v) is 3.76. The van der Waals surface area contributed by atoms with Gasteiger partial charge in [0.1, 0.15) is 0 Å². The van der Waals surface area contributed by atoms with E-state index in [-0.39, 0.29) is 29.9 Å². The average molecular weight is 472 g/mol. The largest absolute Gasteiger partial charge is 0.357 e. The normalized spacial score (nSPS) is 10.7. The maximum atomic E-state index is 11.2. The number of anilines is 1. The standard InChI is InChI=1S/C20H32N4O.HI/c1-5-7-8-9-10-14-24(4)20(21-6-2)22-16-18-12-11-13-19(15-18)23-17(3)25;/h5,11-13,15H,1,6-10,14,16H2,2-4H3,(H,21,22)(H,23,25);1H. The zero-order valence-electron chi connectivity index (χ0n) is 16.3. The number of hydrogen-bond acceptors (Lipinski definition) is 2. The van der Waals surface area contributed by atoms with Crippen LogP contribution in [0.5, 0.6) is 0 Å². The fraction of sp³-hybridized carbons (Fsp3) is 0.500. The van der Waals surface area contributed by atoms with Crippen LogP contribution >= 0.6 is 24.0 Å². The Morgan fingerprint density at radius 2 is 2.08 bits per heavy atom. The highest BCUT2D eigenvalue weighted by molar-refractivity contribution is 14.0. The molecule has 1 aromatic rings. The maximum absolute atomic E-state index is 11.2. The molecular weight excluding hydrogens is 439 g/mol. The van der Waals surface area contributed by atoms with E-state index < -0.39 is 0 Å². The number of nitrogens with one attached hydrogen (secondary N) is 2. The predicted molar refractivity (Wildman–Crippen MR) is 122 cm³/mol. The van der Waals surface area contributed by atoms with Crippen LogP contribution < -0.4 is 10.6 Å². The van der Waals surface area contributed by atoms with Gasteiger partial charge >= 0.3 is 0 Å². The molecule has 0 bridgehead atoms. The van der Waals surface area contributed by atoms with Gasteiger partial charge in [-0.05, 0) is 43.9 Å². The van der Waals surface area contributed by atoms with Crippen molar-refractivity contribution in [2.24, 2.45) is 4.99 Å². The molecule has 0 saturated heterocycles. The number of aliphatic imine (C=N–C) groups is 1. The molecule has 2 N–H and O–H groups in total. The summed E-state index contributed by atoms with van der Waals surface area (Å²) >= 11 is 0. The maximum Gasteiger partial charge on any atom is 0.221 e. The first-order chi connectivity index (χ1) is 12.1. The van der Waals surface area contributed by atoms with Gasteiger partial charge in [-0.1, -0.05) is 24.6 Å². The van der Waals surface area contributed by atoms with Gasteiger partial charge in [0.2, 0.25) is 5.91 Å². The summed E-state index contributed by atoms with van der Waals surface area (Å²) in [4.78, 5) is 18.1. The summed E-state index contributed by atoms with van der Waals surface area (Å²) < 4.78 is 0. The zero-order valence-corrected chi connectivity index (χ0v) is 18.6. The van der Waals surface area contributed by atoms with Crippen LogP contribution in [0.15, 0.2) is 41.9 Å². The molecule has 0 aliphatic heterocycles. The summed E-state index contributed by atoms with van der Waals surface area (Å²) in [6.45, 7) is 9.74. The van der Waals surface area contributed by atoms with E-state index in [4.69, 9.17) is 4.99 Å². The van der Waals surface area contributed by atoms with Crippen LogP contribution in [0.25, 0.3) is 0 Å². The molecule has 1 aromatic carbocycles. The molecule has 146 valence electrons. The number of carbonyl (C=O) groups excluding carboxylic acids is 1. The fourth-order valence-corrected chi connectivity index (χ4v) is 2.51. The van der Waals surface area contributed by atoms with Crippen LogP contribution in [-0.2, 0) is 11.3 Å². The van der Waals surface area contributed by atoms with Gasteiger partial charge in [0.25, 0.3) is 0 Å². The van der Waals surface area contributed by atoms with Crippen molar-refractivity contribution in [3.05, 3.63) is 42.5 Å². The second kappa shape index (κ2) is 14.6. The predicted octanol–water partition coefficient (Wildman–Crippen LogP) is 4.41. The van der Waals surface area contributed by atoms with Crippen molar-refractivity contribution in [3.8, 4) is 0 Å². The topological polar surface area (TPSA) is 56.7 Å². The molecule has 1 amide bonds. The first-order valence-corrected chi connectivity index (χ1v) is 9.03. The lowest BCUT2D eigenvalue weighted by atomic mass is 10.2. The van der Waals surface area contributed by atoms with E-state index in [1.807, 2.05) is 30.3 Å². The van der Waals surface area contributed by atoms with E-state index in [9.17, 15) is 4.79 Å². The Bertz CT molecular complexity index is 575. The summed E-state index contributed by atoms with van der Waals surface area (Å²) in [6, 6.07) is 7.80. The molecule has 0 fully saturated rings. The summed E-state index contributed by atoms with van der Waals surface area (Å²) in [5, 5.41) is 6.15. The van der Waals surface area contributed by atoms with Gasteiger partial charge < -0.3 is 15.5 Å². The quantitative estimate of drug-likeness (QED) is 0.175. The molecule has 0 aliphatic rings. The lowest BCUT2D eigenvalue weighted by Crippen LogP contribution is -2.39. The number of nitrogens with zero attached hydrogens (tertiary/aromatic N) is 2. The summed E-state index contributed by atoms with van der Waals surface area (Å²) in [7, 11) is 2.07. The highest BCUT2D eigenvalue weighted by Crippen LogP contribution is 2.12. The van der Waals surface area contributed by atoms with Gasteiger partial charge in [-0.3, -0.25) is 4.79 Å². The van der Waals surface area contributed by atoms with Crippen molar-refractivity contribution in [2.75, 3.05) is 25.5 Å². The Kier molecular flexibility index (Phi) is 13.7. The zero-order chi connectivity index (χ0) is 18.5. The number of hydrogen-bond donors (Lipinski definition) is 2. The Labute approximate surface area is 175 Å². The van der Waals surface area contributed by atoms with Crippen molar-refractivity contribution in [2.45, 2.75) is 46.1 Å². The molecule has 26 heavy (non-hydrogen) atoms. The monoisotopic (exact) mass is 472 g/mol. The minimum absolute atomic E-state index is 0. The second-order valence-electron chi connectivity index (χ2n) is 6.11. The van der Waals surface area contributed by atoms with Crippen LogP contribution in [-0.4, -0.2) is 36.9 Å². The van der Waals surface area contributed by atoms with E-state index in [2.05, 4.69) is 36.1 Å². The summed E-state index contributed by atoms with van der Waals surface area (Å²) in [6.07, 6.45) is 6.61. The Hall–Kier alpha value is -1.57. The number of guanidine groups is 1. The number of halogens is 1. The molecule has 0 aromatic heterocycles.